The molecule has 0 radical (unpaired) electrons. The van der Waals surface area contributed by atoms with Crippen molar-refractivity contribution in [3.63, 3.8) is 0 Å². The maximum Gasteiger partial charge on any atom is 0.295 e. The van der Waals surface area contributed by atoms with Gasteiger partial charge in [0.2, 0.25) is 5.13 Å². The minimum absolute atomic E-state index is 0.194. The molecular weight excluding hydrogens is 322 g/mol. The van der Waals surface area contributed by atoms with Gasteiger partial charge in [0.25, 0.3) is 5.91 Å². The fraction of sp³-hybridized carbons (Fsp3) is 0.278. The van der Waals surface area contributed by atoms with Crippen molar-refractivity contribution < 1.29 is 9.21 Å². The van der Waals surface area contributed by atoms with Gasteiger partial charge in [-0.1, -0.05) is 55.0 Å². The smallest absolute Gasteiger partial charge is 0.295 e. The first kappa shape index (κ1) is 16.4. The number of anilines is 1. The Morgan fingerprint density at radius 3 is 2.58 bits per heavy atom. The number of aryl methyl sites for hydroxylation is 1. The molecule has 0 aliphatic carbocycles. The molecule has 0 aliphatic heterocycles. The van der Waals surface area contributed by atoms with Crippen LogP contribution in [0.4, 0.5) is 5.13 Å². The minimum Gasteiger partial charge on any atom is -0.459 e. The van der Waals surface area contributed by atoms with Gasteiger partial charge < -0.3 is 4.42 Å². The van der Waals surface area contributed by atoms with Crippen LogP contribution in [0.2, 0.25) is 0 Å². The molecule has 0 atom stereocenters. The van der Waals surface area contributed by atoms with Crippen LogP contribution in [0.1, 0.15) is 30.0 Å². The van der Waals surface area contributed by atoms with Crippen LogP contribution in [0.15, 0.2) is 47.1 Å². The molecule has 0 fully saturated rings. The lowest BCUT2D eigenvalue weighted by Gasteiger charge is -2.20. The second-order valence-corrected chi connectivity index (χ2v) is 7.00. The summed E-state index contributed by atoms with van der Waals surface area (Å²) in [7, 11) is 0. The largest absolute Gasteiger partial charge is 0.459 e. The van der Waals surface area contributed by atoms with Gasteiger partial charge in [-0.25, -0.2) is 0 Å². The Morgan fingerprint density at radius 1 is 1.21 bits per heavy atom. The Balaban J connectivity index is 1.91. The topological polar surface area (TPSA) is 59.2 Å². The number of hydrogen-bond donors (Lipinski definition) is 0. The van der Waals surface area contributed by atoms with E-state index in [4.69, 9.17) is 4.42 Å². The molecule has 0 saturated carbocycles. The Morgan fingerprint density at radius 2 is 1.96 bits per heavy atom. The summed E-state index contributed by atoms with van der Waals surface area (Å²) in [5.74, 6) is 0.415. The van der Waals surface area contributed by atoms with E-state index in [-0.39, 0.29) is 5.91 Å². The molecule has 0 bridgehead atoms. The Bertz CT molecular complexity index is 807. The van der Waals surface area contributed by atoms with Crippen LogP contribution in [0.25, 0.3) is 10.6 Å². The van der Waals surface area contributed by atoms with Crippen molar-refractivity contribution in [1.82, 2.24) is 10.2 Å². The maximum atomic E-state index is 12.7. The standard InChI is InChI=1S/C18H19N3O2S/c1-12(2)11-21(17(22)15-5-4-10-23-15)18-20-19-16(24-18)14-8-6-13(3)7-9-14/h4-10,12H,11H2,1-3H3. The molecule has 0 N–H and O–H groups in total. The number of amides is 1. The summed E-state index contributed by atoms with van der Waals surface area (Å²) in [5, 5.41) is 9.86. The maximum absolute atomic E-state index is 12.7. The number of aromatic nitrogens is 2. The molecule has 124 valence electrons. The summed E-state index contributed by atoms with van der Waals surface area (Å²) in [4.78, 5) is 14.3. The molecule has 3 rings (SSSR count). The van der Waals surface area contributed by atoms with Gasteiger partial charge in [-0.2, -0.15) is 0 Å². The zero-order chi connectivity index (χ0) is 17.1. The fourth-order valence-electron chi connectivity index (χ4n) is 2.28. The van der Waals surface area contributed by atoms with Gasteiger partial charge in [0.1, 0.15) is 5.01 Å². The zero-order valence-electron chi connectivity index (χ0n) is 13.9. The summed E-state index contributed by atoms with van der Waals surface area (Å²) in [6, 6.07) is 11.5. The molecule has 0 aliphatic rings. The molecular formula is C18H19N3O2S. The molecule has 1 amide bonds. The number of nitrogens with zero attached hydrogens (tertiary/aromatic N) is 3. The van der Waals surface area contributed by atoms with E-state index in [1.807, 2.05) is 31.2 Å². The van der Waals surface area contributed by atoms with E-state index in [1.54, 1.807) is 17.0 Å². The highest BCUT2D eigenvalue weighted by atomic mass is 32.1. The second-order valence-electron chi connectivity index (χ2n) is 6.04. The summed E-state index contributed by atoms with van der Waals surface area (Å²) in [6.07, 6.45) is 1.50. The number of furan rings is 1. The van der Waals surface area contributed by atoms with E-state index in [9.17, 15) is 4.79 Å². The van der Waals surface area contributed by atoms with Crippen LogP contribution in [-0.4, -0.2) is 22.6 Å². The van der Waals surface area contributed by atoms with Crippen molar-refractivity contribution in [2.45, 2.75) is 20.8 Å². The van der Waals surface area contributed by atoms with Crippen LogP contribution >= 0.6 is 11.3 Å². The summed E-state index contributed by atoms with van der Waals surface area (Å²) >= 11 is 1.41. The van der Waals surface area contributed by atoms with Crippen LogP contribution in [0.5, 0.6) is 0 Å². The van der Waals surface area contributed by atoms with Gasteiger partial charge in [-0.15, -0.1) is 10.2 Å². The number of hydrogen-bond acceptors (Lipinski definition) is 5. The highest BCUT2D eigenvalue weighted by Gasteiger charge is 2.24. The Kier molecular flexibility index (Phi) is 4.76. The molecule has 5 nitrogen and oxygen atoms in total. The lowest BCUT2D eigenvalue weighted by atomic mass is 10.2. The molecule has 0 spiro atoms. The molecule has 0 saturated heterocycles. The molecule has 6 heteroatoms. The SMILES string of the molecule is Cc1ccc(-c2nnc(N(CC(C)C)C(=O)c3ccco3)s2)cc1. The monoisotopic (exact) mass is 341 g/mol. The van der Waals surface area contributed by atoms with Crippen LogP contribution in [-0.2, 0) is 0 Å². The average Bonchev–Trinajstić information content (AvgIpc) is 3.24. The summed E-state index contributed by atoms with van der Waals surface area (Å²) in [5.41, 5.74) is 2.19. The lowest BCUT2D eigenvalue weighted by Crippen LogP contribution is -2.34. The van der Waals surface area contributed by atoms with Crippen molar-refractivity contribution >= 4 is 22.4 Å². The van der Waals surface area contributed by atoms with Crippen molar-refractivity contribution in [3.8, 4) is 10.6 Å². The first-order chi connectivity index (χ1) is 11.5. The molecule has 24 heavy (non-hydrogen) atoms. The van der Waals surface area contributed by atoms with Gasteiger partial charge in [-0.3, -0.25) is 9.69 Å². The molecule has 2 heterocycles. The van der Waals surface area contributed by atoms with Crippen LogP contribution in [0, 0.1) is 12.8 Å². The van der Waals surface area contributed by atoms with Crippen molar-refractivity contribution in [2.75, 3.05) is 11.4 Å². The Hall–Kier alpha value is -2.47. The fourth-order valence-corrected chi connectivity index (χ4v) is 3.14. The van der Waals surface area contributed by atoms with Gasteiger partial charge >= 0.3 is 0 Å². The van der Waals surface area contributed by atoms with E-state index >= 15 is 0 Å². The van der Waals surface area contributed by atoms with E-state index < -0.39 is 0 Å². The predicted molar refractivity (Wildman–Crippen MR) is 95.3 cm³/mol. The van der Waals surface area contributed by atoms with Crippen molar-refractivity contribution in [1.29, 1.82) is 0 Å². The van der Waals surface area contributed by atoms with Gasteiger partial charge in [0.15, 0.2) is 5.76 Å². The quantitative estimate of drug-likeness (QED) is 0.690. The van der Waals surface area contributed by atoms with Crippen LogP contribution in [0.3, 0.4) is 0 Å². The molecule has 2 aromatic heterocycles. The van der Waals surface area contributed by atoms with Crippen molar-refractivity contribution in [2.24, 2.45) is 5.92 Å². The van der Waals surface area contributed by atoms with Crippen LogP contribution < -0.4 is 4.90 Å². The first-order valence-electron chi connectivity index (χ1n) is 7.80. The summed E-state index contributed by atoms with van der Waals surface area (Å²) < 4.78 is 5.25. The third-order valence-corrected chi connectivity index (χ3v) is 4.46. The molecule has 0 unspecified atom stereocenters. The normalized spacial score (nSPS) is 11.0. The van der Waals surface area contributed by atoms with Gasteiger partial charge in [0.05, 0.1) is 6.26 Å². The van der Waals surface area contributed by atoms with E-state index in [2.05, 4.69) is 24.0 Å². The lowest BCUT2D eigenvalue weighted by molar-refractivity contribution is 0.0957. The summed E-state index contributed by atoms with van der Waals surface area (Å²) in [6.45, 7) is 6.72. The number of carbonyl (C=O) groups is 1. The number of carbonyl (C=O) groups excluding carboxylic acids is 1. The highest BCUT2D eigenvalue weighted by Crippen LogP contribution is 2.30. The van der Waals surface area contributed by atoms with E-state index in [0.29, 0.717) is 23.4 Å². The molecule has 1 aromatic carbocycles. The van der Waals surface area contributed by atoms with Gasteiger partial charge in [0, 0.05) is 12.1 Å². The van der Waals surface area contributed by atoms with E-state index in [1.165, 1.54) is 23.2 Å². The van der Waals surface area contributed by atoms with Gasteiger partial charge in [-0.05, 0) is 25.0 Å². The average molecular weight is 341 g/mol. The number of benzene rings is 1. The molecule has 3 aromatic rings. The third-order valence-electron chi connectivity index (χ3n) is 3.47. The first-order valence-corrected chi connectivity index (χ1v) is 8.62. The van der Waals surface area contributed by atoms with E-state index in [0.717, 1.165) is 10.6 Å². The second kappa shape index (κ2) is 6.97. The predicted octanol–water partition coefficient (Wildman–Crippen LogP) is 4.41. The van der Waals surface area contributed by atoms with Crippen molar-refractivity contribution in [3.05, 3.63) is 54.0 Å². The highest BCUT2D eigenvalue weighted by molar-refractivity contribution is 7.18. The zero-order valence-corrected chi connectivity index (χ0v) is 14.7. The number of rotatable bonds is 5. The Labute approximate surface area is 144 Å². The minimum atomic E-state index is -0.194. The third kappa shape index (κ3) is 3.54.